The van der Waals surface area contributed by atoms with Crippen molar-refractivity contribution in [2.24, 2.45) is 12.5 Å². The molecule has 1 saturated carbocycles. The maximum absolute atomic E-state index is 9.48. The Morgan fingerprint density at radius 2 is 2.24 bits per heavy atom. The van der Waals surface area contributed by atoms with Gasteiger partial charge in [-0.3, -0.25) is 4.68 Å². The number of aliphatic hydroxyl groups is 1. The van der Waals surface area contributed by atoms with Gasteiger partial charge in [-0.2, -0.15) is 5.10 Å². The predicted molar refractivity (Wildman–Crippen MR) is 67.8 cm³/mol. The second kappa shape index (κ2) is 5.65. The minimum atomic E-state index is 0.162. The van der Waals surface area contributed by atoms with Crippen LogP contribution in [0.2, 0.25) is 0 Å². The molecule has 1 aliphatic rings. The van der Waals surface area contributed by atoms with Gasteiger partial charge < -0.3 is 10.4 Å². The number of hydrogen-bond acceptors (Lipinski definition) is 3. The molecule has 0 spiro atoms. The molecule has 2 N–H and O–H groups in total. The lowest BCUT2D eigenvalue weighted by Gasteiger charge is -2.26. The molecular formula is C13H23N3O. The van der Waals surface area contributed by atoms with Crippen molar-refractivity contribution in [2.45, 2.75) is 32.1 Å². The third kappa shape index (κ3) is 3.30. The maximum atomic E-state index is 9.48. The van der Waals surface area contributed by atoms with E-state index >= 15 is 0 Å². The smallest absolute Gasteiger partial charge is 0.0522 e. The molecule has 1 aliphatic carbocycles. The fourth-order valence-corrected chi connectivity index (χ4v) is 2.70. The molecule has 0 amide bonds. The van der Waals surface area contributed by atoms with Crippen molar-refractivity contribution in [3.8, 4) is 0 Å². The minimum Gasteiger partial charge on any atom is -0.396 e. The first kappa shape index (κ1) is 12.6. The second-order valence-corrected chi connectivity index (χ2v) is 5.31. The van der Waals surface area contributed by atoms with Gasteiger partial charge in [-0.15, -0.1) is 0 Å². The first-order valence-electron chi connectivity index (χ1n) is 6.53. The van der Waals surface area contributed by atoms with E-state index in [1.165, 1.54) is 31.2 Å². The Morgan fingerprint density at radius 1 is 1.47 bits per heavy atom. The summed E-state index contributed by atoms with van der Waals surface area (Å²) in [5.74, 6) is 0. The Kier molecular flexibility index (Phi) is 4.18. The van der Waals surface area contributed by atoms with Crippen molar-refractivity contribution in [3.05, 3.63) is 18.0 Å². The lowest BCUT2D eigenvalue weighted by molar-refractivity contribution is 0.128. The van der Waals surface area contributed by atoms with Crippen molar-refractivity contribution in [3.63, 3.8) is 0 Å². The van der Waals surface area contributed by atoms with Gasteiger partial charge in [0.05, 0.1) is 6.20 Å². The Bertz CT molecular complexity index is 342. The Labute approximate surface area is 103 Å². The summed E-state index contributed by atoms with van der Waals surface area (Å²) < 4.78 is 1.83. The Balaban J connectivity index is 1.69. The molecule has 4 nitrogen and oxygen atoms in total. The summed E-state index contributed by atoms with van der Waals surface area (Å²) in [6.45, 7) is 2.24. The van der Waals surface area contributed by atoms with Crippen LogP contribution < -0.4 is 5.32 Å². The van der Waals surface area contributed by atoms with Gasteiger partial charge in [0.1, 0.15) is 0 Å². The molecule has 1 fully saturated rings. The molecule has 0 bridgehead atoms. The average Bonchev–Trinajstić information content (AvgIpc) is 2.95. The average molecular weight is 237 g/mol. The van der Waals surface area contributed by atoms with E-state index in [9.17, 15) is 5.11 Å². The molecule has 0 unspecified atom stereocenters. The third-order valence-corrected chi connectivity index (χ3v) is 3.85. The number of rotatable bonds is 6. The normalized spacial score (nSPS) is 18.7. The summed E-state index contributed by atoms with van der Waals surface area (Å²) in [4.78, 5) is 0. The van der Waals surface area contributed by atoms with E-state index in [0.29, 0.717) is 6.61 Å². The predicted octanol–water partition coefficient (Wildman–Crippen LogP) is 1.10. The van der Waals surface area contributed by atoms with Crippen LogP contribution in [-0.4, -0.2) is 34.6 Å². The number of nitrogens with one attached hydrogen (secondary N) is 1. The van der Waals surface area contributed by atoms with E-state index in [1.54, 1.807) is 0 Å². The van der Waals surface area contributed by atoms with Crippen LogP contribution in [0.25, 0.3) is 0 Å². The van der Waals surface area contributed by atoms with Crippen molar-refractivity contribution in [2.75, 3.05) is 19.7 Å². The first-order valence-corrected chi connectivity index (χ1v) is 6.53. The molecule has 0 aromatic carbocycles. The van der Waals surface area contributed by atoms with E-state index in [2.05, 4.69) is 16.6 Å². The van der Waals surface area contributed by atoms with Gasteiger partial charge in [0.25, 0.3) is 0 Å². The molecule has 0 aliphatic heterocycles. The van der Waals surface area contributed by atoms with E-state index in [1.807, 2.05) is 17.9 Å². The zero-order chi connectivity index (χ0) is 12.1. The van der Waals surface area contributed by atoms with Gasteiger partial charge in [0.15, 0.2) is 0 Å². The van der Waals surface area contributed by atoms with Gasteiger partial charge in [0, 0.05) is 31.8 Å². The highest BCUT2D eigenvalue weighted by atomic mass is 16.3. The van der Waals surface area contributed by atoms with Crippen LogP contribution in [0, 0.1) is 5.41 Å². The molecule has 17 heavy (non-hydrogen) atoms. The monoisotopic (exact) mass is 237 g/mol. The summed E-state index contributed by atoms with van der Waals surface area (Å²) in [5.41, 5.74) is 1.43. The lowest BCUT2D eigenvalue weighted by atomic mass is 9.87. The van der Waals surface area contributed by atoms with E-state index in [-0.39, 0.29) is 5.41 Å². The summed E-state index contributed by atoms with van der Waals surface area (Å²) >= 11 is 0. The standard InChI is InChI=1S/C13H23N3O/c1-16-9-12(8-15-16)4-7-14-10-13(11-17)5-2-3-6-13/h8-9,14,17H,2-7,10-11H2,1H3. The molecule has 0 radical (unpaired) electrons. The van der Waals surface area contributed by atoms with Gasteiger partial charge in [-0.05, 0) is 31.4 Å². The molecule has 2 rings (SSSR count). The van der Waals surface area contributed by atoms with Crippen molar-refractivity contribution < 1.29 is 5.11 Å². The van der Waals surface area contributed by atoms with E-state index < -0.39 is 0 Å². The van der Waals surface area contributed by atoms with Crippen molar-refractivity contribution in [1.29, 1.82) is 0 Å². The number of aromatic nitrogens is 2. The Morgan fingerprint density at radius 3 is 2.82 bits per heavy atom. The molecular weight excluding hydrogens is 214 g/mol. The highest BCUT2D eigenvalue weighted by Crippen LogP contribution is 2.36. The maximum Gasteiger partial charge on any atom is 0.0522 e. The highest BCUT2D eigenvalue weighted by molar-refractivity contribution is 5.03. The Hall–Kier alpha value is -0.870. The van der Waals surface area contributed by atoms with Crippen LogP contribution >= 0.6 is 0 Å². The summed E-state index contributed by atoms with van der Waals surface area (Å²) in [5, 5.41) is 17.1. The van der Waals surface area contributed by atoms with Crippen LogP contribution in [0.4, 0.5) is 0 Å². The van der Waals surface area contributed by atoms with Crippen molar-refractivity contribution >= 4 is 0 Å². The van der Waals surface area contributed by atoms with Crippen LogP contribution in [0.15, 0.2) is 12.4 Å². The minimum absolute atomic E-state index is 0.162. The third-order valence-electron chi connectivity index (χ3n) is 3.85. The number of aryl methyl sites for hydroxylation is 1. The fourth-order valence-electron chi connectivity index (χ4n) is 2.70. The topological polar surface area (TPSA) is 50.1 Å². The van der Waals surface area contributed by atoms with Crippen LogP contribution in [0.1, 0.15) is 31.2 Å². The number of nitrogens with zero attached hydrogens (tertiary/aromatic N) is 2. The first-order chi connectivity index (χ1) is 8.24. The zero-order valence-electron chi connectivity index (χ0n) is 10.7. The quantitative estimate of drug-likeness (QED) is 0.729. The van der Waals surface area contributed by atoms with Gasteiger partial charge >= 0.3 is 0 Å². The van der Waals surface area contributed by atoms with Crippen LogP contribution in [-0.2, 0) is 13.5 Å². The molecule has 1 aromatic rings. The van der Waals surface area contributed by atoms with E-state index in [4.69, 9.17) is 0 Å². The van der Waals surface area contributed by atoms with Crippen molar-refractivity contribution in [1.82, 2.24) is 15.1 Å². The largest absolute Gasteiger partial charge is 0.396 e. The number of aliphatic hydroxyl groups excluding tert-OH is 1. The molecule has 0 atom stereocenters. The highest BCUT2D eigenvalue weighted by Gasteiger charge is 2.32. The molecule has 0 saturated heterocycles. The molecule has 1 heterocycles. The lowest BCUT2D eigenvalue weighted by Crippen LogP contribution is -2.36. The van der Waals surface area contributed by atoms with Gasteiger partial charge in [-0.1, -0.05) is 12.8 Å². The molecule has 4 heteroatoms. The summed E-state index contributed by atoms with van der Waals surface area (Å²) in [6, 6.07) is 0. The fraction of sp³-hybridized carbons (Fsp3) is 0.769. The summed E-state index contributed by atoms with van der Waals surface area (Å²) in [7, 11) is 1.94. The van der Waals surface area contributed by atoms with E-state index in [0.717, 1.165) is 19.5 Å². The van der Waals surface area contributed by atoms with Gasteiger partial charge in [-0.25, -0.2) is 0 Å². The van der Waals surface area contributed by atoms with Crippen LogP contribution in [0.3, 0.4) is 0 Å². The number of hydrogen-bond donors (Lipinski definition) is 2. The summed E-state index contributed by atoms with van der Waals surface area (Å²) in [6.07, 6.45) is 9.86. The van der Waals surface area contributed by atoms with Crippen LogP contribution in [0.5, 0.6) is 0 Å². The SMILES string of the molecule is Cn1cc(CCNCC2(CO)CCCC2)cn1. The molecule has 96 valence electrons. The van der Waals surface area contributed by atoms with Gasteiger partial charge in [0.2, 0.25) is 0 Å². The second-order valence-electron chi connectivity index (χ2n) is 5.31. The molecule has 1 aromatic heterocycles. The zero-order valence-corrected chi connectivity index (χ0v) is 10.7.